The second kappa shape index (κ2) is 4.98. The number of aromatic amines is 1. The van der Waals surface area contributed by atoms with E-state index in [-0.39, 0.29) is 16.8 Å². The lowest BCUT2D eigenvalue weighted by Crippen LogP contribution is -2.32. The molecule has 0 aliphatic carbocycles. The van der Waals surface area contributed by atoms with Crippen molar-refractivity contribution < 1.29 is 19.2 Å². The van der Waals surface area contributed by atoms with Crippen molar-refractivity contribution >= 4 is 28.7 Å². The van der Waals surface area contributed by atoms with Gasteiger partial charge in [-0.1, -0.05) is 17.2 Å². The number of hydroxylamine groups is 2. The minimum Gasteiger partial charge on any atom is -0.323 e. The van der Waals surface area contributed by atoms with Crippen molar-refractivity contribution in [1.29, 1.82) is 0 Å². The quantitative estimate of drug-likeness (QED) is 0.719. The Balaban J connectivity index is 1.63. The van der Waals surface area contributed by atoms with Gasteiger partial charge in [0.05, 0.1) is 17.3 Å². The van der Waals surface area contributed by atoms with Crippen LogP contribution in [0, 0.1) is 6.92 Å². The molecule has 4 rings (SSSR count). The molecular formula is C16H10N4O4. The van der Waals surface area contributed by atoms with Crippen LogP contribution >= 0.6 is 0 Å². The van der Waals surface area contributed by atoms with Gasteiger partial charge in [-0.25, -0.2) is 9.78 Å². The Morgan fingerprint density at radius 2 is 1.83 bits per heavy atom. The zero-order chi connectivity index (χ0) is 16.8. The van der Waals surface area contributed by atoms with Crippen LogP contribution in [0.5, 0.6) is 0 Å². The Kier molecular flexibility index (Phi) is 2.92. The highest BCUT2D eigenvalue weighted by molar-refractivity contribution is 6.21. The maximum absolute atomic E-state index is 12.3. The molecule has 1 aromatic carbocycles. The van der Waals surface area contributed by atoms with Gasteiger partial charge in [0.15, 0.2) is 5.69 Å². The number of rotatable bonds is 2. The predicted octanol–water partition coefficient (Wildman–Crippen LogP) is 1.63. The Hall–Kier alpha value is -3.55. The van der Waals surface area contributed by atoms with E-state index in [1.54, 1.807) is 19.1 Å². The first-order valence-corrected chi connectivity index (χ1v) is 7.07. The summed E-state index contributed by atoms with van der Waals surface area (Å²) in [6, 6.07) is 7.76. The molecule has 0 fully saturated rings. The smallest absolute Gasteiger partial charge is 0.323 e. The van der Waals surface area contributed by atoms with Gasteiger partial charge in [-0.3, -0.25) is 14.7 Å². The molecule has 0 spiro atoms. The van der Waals surface area contributed by atoms with Gasteiger partial charge >= 0.3 is 5.97 Å². The highest BCUT2D eigenvalue weighted by Gasteiger charge is 2.39. The summed E-state index contributed by atoms with van der Waals surface area (Å²) in [5.74, 6) is -2.25. The van der Waals surface area contributed by atoms with Gasteiger partial charge in [-0.05, 0) is 25.1 Å². The SMILES string of the molecule is Cc1[nH]nc2cnc(C(=O)ON3C(=O)c4ccccc4C3=O)cc12. The van der Waals surface area contributed by atoms with Crippen molar-refractivity contribution in [3.05, 3.63) is 59.0 Å². The molecule has 8 nitrogen and oxygen atoms in total. The lowest BCUT2D eigenvalue weighted by atomic mass is 10.1. The molecule has 1 aliphatic rings. The molecule has 0 saturated heterocycles. The van der Waals surface area contributed by atoms with Gasteiger partial charge < -0.3 is 4.84 Å². The summed E-state index contributed by atoms with van der Waals surface area (Å²) in [5.41, 5.74) is 1.74. The molecular weight excluding hydrogens is 312 g/mol. The minimum atomic E-state index is -0.896. The van der Waals surface area contributed by atoms with Crippen molar-refractivity contribution in [2.75, 3.05) is 0 Å². The van der Waals surface area contributed by atoms with Crippen LogP contribution in [-0.2, 0) is 4.84 Å². The number of carbonyl (C=O) groups is 3. The van der Waals surface area contributed by atoms with Crippen LogP contribution < -0.4 is 0 Å². The fourth-order valence-electron chi connectivity index (χ4n) is 2.53. The summed E-state index contributed by atoms with van der Waals surface area (Å²) in [6.07, 6.45) is 1.41. The number of nitrogens with zero attached hydrogens (tertiary/aromatic N) is 3. The van der Waals surface area contributed by atoms with E-state index in [9.17, 15) is 14.4 Å². The standard InChI is InChI=1S/C16H10N4O4/c1-8-11-6-12(17-7-13(11)19-18-8)16(23)24-20-14(21)9-4-2-3-5-10(9)15(20)22/h2-7H,1H3,(H,18,19). The summed E-state index contributed by atoms with van der Waals surface area (Å²) in [5, 5.41) is 7.96. The van der Waals surface area contributed by atoms with Crippen molar-refractivity contribution in [3.63, 3.8) is 0 Å². The van der Waals surface area contributed by atoms with Gasteiger partial charge in [0, 0.05) is 11.1 Å². The molecule has 2 amide bonds. The minimum absolute atomic E-state index is 0.0245. The number of aryl methyl sites for hydroxylation is 1. The molecule has 118 valence electrons. The number of hydrogen-bond acceptors (Lipinski definition) is 6. The van der Waals surface area contributed by atoms with E-state index in [1.807, 2.05) is 0 Å². The van der Waals surface area contributed by atoms with Crippen LogP contribution in [0.4, 0.5) is 0 Å². The third-order valence-electron chi connectivity index (χ3n) is 3.77. The largest absolute Gasteiger partial charge is 0.382 e. The summed E-state index contributed by atoms with van der Waals surface area (Å²) < 4.78 is 0. The third-order valence-corrected chi connectivity index (χ3v) is 3.77. The number of nitrogens with one attached hydrogen (secondary N) is 1. The Morgan fingerprint density at radius 3 is 2.50 bits per heavy atom. The van der Waals surface area contributed by atoms with Crippen LogP contribution in [0.15, 0.2) is 36.5 Å². The number of benzene rings is 1. The third kappa shape index (κ3) is 1.97. The number of aromatic nitrogens is 3. The highest BCUT2D eigenvalue weighted by Crippen LogP contribution is 2.23. The maximum atomic E-state index is 12.3. The van der Waals surface area contributed by atoms with Gasteiger partial charge in [0.2, 0.25) is 0 Å². The normalized spacial score (nSPS) is 13.5. The van der Waals surface area contributed by atoms with Crippen LogP contribution in [0.2, 0.25) is 0 Å². The summed E-state index contributed by atoms with van der Waals surface area (Å²) in [6.45, 7) is 1.80. The molecule has 3 aromatic rings. The summed E-state index contributed by atoms with van der Waals surface area (Å²) in [7, 11) is 0. The Morgan fingerprint density at radius 1 is 1.17 bits per heavy atom. The van der Waals surface area contributed by atoms with Crippen LogP contribution in [-0.4, -0.2) is 38.0 Å². The van der Waals surface area contributed by atoms with Gasteiger partial charge in [0.1, 0.15) is 5.52 Å². The first kappa shape index (κ1) is 14.1. The molecule has 2 aromatic heterocycles. The lowest BCUT2D eigenvalue weighted by molar-refractivity contribution is -0.0588. The average molecular weight is 322 g/mol. The topological polar surface area (TPSA) is 105 Å². The van der Waals surface area contributed by atoms with Crippen molar-refractivity contribution in [3.8, 4) is 0 Å². The van der Waals surface area contributed by atoms with Crippen molar-refractivity contribution in [2.45, 2.75) is 6.92 Å². The molecule has 0 atom stereocenters. The second-order valence-electron chi connectivity index (χ2n) is 5.26. The maximum Gasteiger partial charge on any atom is 0.382 e. The number of carbonyl (C=O) groups excluding carboxylic acids is 3. The highest BCUT2D eigenvalue weighted by atomic mass is 16.7. The monoisotopic (exact) mass is 322 g/mol. The Labute approximate surface area is 135 Å². The Bertz CT molecular complexity index is 989. The van der Waals surface area contributed by atoms with E-state index in [2.05, 4.69) is 15.2 Å². The molecule has 1 aliphatic heterocycles. The van der Waals surface area contributed by atoms with Gasteiger partial charge in [0.25, 0.3) is 11.8 Å². The first-order valence-electron chi connectivity index (χ1n) is 7.07. The van der Waals surface area contributed by atoms with E-state index >= 15 is 0 Å². The molecule has 0 unspecified atom stereocenters. The van der Waals surface area contributed by atoms with Gasteiger partial charge in [-0.15, -0.1) is 0 Å². The van der Waals surface area contributed by atoms with Crippen LogP contribution in [0.1, 0.15) is 36.9 Å². The average Bonchev–Trinajstić information content (AvgIpc) is 3.08. The molecule has 1 N–H and O–H groups in total. The van der Waals surface area contributed by atoms with Crippen molar-refractivity contribution in [1.82, 2.24) is 20.2 Å². The fourth-order valence-corrected chi connectivity index (χ4v) is 2.53. The first-order chi connectivity index (χ1) is 11.6. The molecule has 8 heteroatoms. The second-order valence-corrected chi connectivity index (χ2v) is 5.26. The van der Waals surface area contributed by atoms with Crippen LogP contribution in [0.25, 0.3) is 10.9 Å². The van der Waals surface area contributed by atoms with Crippen molar-refractivity contribution in [2.24, 2.45) is 0 Å². The number of hydrogen-bond donors (Lipinski definition) is 1. The fraction of sp³-hybridized carbons (Fsp3) is 0.0625. The summed E-state index contributed by atoms with van der Waals surface area (Å²) >= 11 is 0. The van der Waals surface area contributed by atoms with E-state index in [4.69, 9.17) is 4.84 Å². The summed E-state index contributed by atoms with van der Waals surface area (Å²) in [4.78, 5) is 45.6. The molecule has 0 radical (unpaired) electrons. The number of amides is 2. The number of pyridine rings is 1. The van der Waals surface area contributed by atoms with E-state index < -0.39 is 17.8 Å². The predicted molar refractivity (Wildman–Crippen MR) is 81.0 cm³/mol. The molecule has 3 heterocycles. The zero-order valence-electron chi connectivity index (χ0n) is 12.4. The lowest BCUT2D eigenvalue weighted by Gasteiger charge is -2.12. The number of H-pyrrole nitrogens is 1. The van der Waals surface area contributed by atoms with E-state index in [0.717, 1.165) is 5.69 Å². The van der Waals surface area contributed by atoms with E-state index in [1.165, 1.54) is 24.4 Å². The zero-order valence-corrected chi connectivity index (χ0v) is 12.4. The molecule has 0 bridgehead atoms. The van der Waals surface area contributed by atoms with Crippen LogP contribution in [0.3, 0.4) is 0 Å². The number of fused-ring (bicyclic) bond motifs is 2. The molecule has 24 heavy (non-hydrogen) atoms. The number of imide groups is 1. The van der Waals surface area contributed by atoms with E-state index in [0.29, 0.717) is 16.0 Å². The molecule has 0 saturated carbocycles. The van der Waals surface area contributed by atoms with Gasteiger partial charge in [-0.2, -0.15) is 5.10 Å².